The van der Waals surface area contributed by atoms with Crippen LogP contribution in [-0.2, 0) is 16.1 Å². The van der Waals surface area contributed by atoms with Gasteiger partial charge >= 0.3 is 0 Å². The maximum Gasteiger partial charge on any atom is 0.242 e. The van der Waals surface area contributed by atoms with Gasteiger partial charge in [0, 0.05) is 18.0 Å². The number of amides is 2. The average Bonchev–Trinajstić information content (AvgIpc) is 2.66. The molecule has 1 unspecified atom stereocenters. The van der Waals surface area contributed by atoms with Gasteiger partial charge < -0.3 is 10.2 Å². The van der Waals surface area contributed by atoms with Crippen LogP contribution in [0.25, 0.3) is 0 Å². The van der Waals surface area contributed by atoms with Crippen LogP contribution in [0.1, 0.15) is 30.5 Å². The van der Waals surface area contributed by atoms with E-state index in [4.69, 9.17) is 0 Å². The molecule has 2 rings (SSSR count). The van der Waals surface area contributed by atoms with E-state index in [-0.39, 0.29) is 11.8 Å². The van der Waals surface area contributed by atoms with Gasteiger partial charge in [-0.25, -0.2) is 0 Å². The lowest BCUT2D eigenvalue weighted by Crippen LogP contribution is -2.48. The molecule has 0 spiro atoms. The van der Waals surface area contributed by atoms with Crippen molar-refractivity contribution in [2.45, 2.75) is 45.2 Å². The summed E-state index contributed by atoms with van der Waals surface area (Å²) < 4.78 is 0. The van der Waals surface area contributed by atoms with Gasteiger partial charge in [0.15, 0.2) is 0 Å². The highest BCUT2D eigenvalue weighted by Gasteiger charge is 2.26. The third-order valence-corrected chi connectivity index (χ3v) is 5.50. The minimum atomic E-state index is -0.518. The number of rotatable bonds is 8. The highest BCUT2D eigenvalue weighted by molar-refractivity contribution is 8.00. The Morgan fingerprint density at radius 3 is 2.37 bits per heavy atom. The summed E-state index contributed by atoms with van der Waals surface area (Å²) in [7, 11) is 0. The van der Waals surface area contributed by atoms with E-state index in [0.717, 1.165) is 16.0 Å². The summed E-state index contributed by atoms with van der Waals surface area (Å²) in [4.78, 5) is 28.1. The van der Waals surface area contributed by atoms with E-state index >= 15 is 0 Å². The second-order valence-electron chi connectivity index (χ2n) is 6.62. The van der Waals surface area contributed by atoms with E-state index in [9.17, 15) is 9.59 Å². The van der Waals surface area contributed by atoms with Crippen molar-refractivity contribution in [3.63, 3.8) is 0 Å². The first kappa shape index (κ1) is 21.0. The van der Waals surface area contributed by atoms with E-state index in [1.807, 2.05) is 69.3 Å². The zero-order valence-corrected chi connectivity index (χ0v) is 17.3. The topological polar surface area (TPSA) is 49.4 Å². The quantitative estimate of drug-likeness (QED) is 0.701. The Hall–Kier alpha value is -2.27. The number of likely N-dealkylation sites (N-methyl/N-ethyl adjacent to an activating group) is 1. The summed E-state index contributed by atoms with van der Waals surface area (Å²) in [6.45, 7) is 8.71. The Morgan fingerprint density at radius 2 is 1.74 bits per heavy atom. The van der Waals surface area contributed by atoms with E-state index in [0.29, 0.717) is 18.8 Å². The number of thioether (sulfide) groups is 1. The van der Waals surface area contributed by atoms with Crippen molar-refractivity contribution in [2.75, 3.05) is 12.3 Å². The number of nitrogens with one attached hydrogen (secondary N) is 1. The normalized spacial score (nSPS) is 11.7. The fourth-order valence-corrected chi connectivity index (χ4v) is 3.52. The number of carbonyl (C=O) groups excluding carboxylic acids is 2. The molecule has 1 N–H and O–H groups in total. The predicted molar refractivity (Wildman–Crippen MR) is 112 cm³/mol. The highest BCUT2D eigenvalue weighted by Crippen LogP contribution is 2.21. The molecule has 5 heteroatoms. The molecule has 0 bridgehead atoms. The first-order chi connectivity index (χ1) is 12.9. The number of nitrogens with zero attached hydrogens (tertiary/aromatic N) is 1. The molecule has 1 atom stereocenters. The van der Waals surface area contributed by atoms with Gasteiger partial charge in [0.1, 0.15) is 6.04 Å². The van der Waals surface area contributed by atoms with Gasteiger partial charge in [-0.1, -0.05) is 42.0 Å². The van der Waals surface area contributed by atoms with Crippen LogP contribution in [0.5, 0.6) is 0 Å². The molecular formula is C22H28N2O2S. The Bertz CT molecular complexity index is 774. The van der Waals surface area contributed by atoms with Crippen LogP contribution >= 0.6 is 11.8 Å². The van der Waals surface area contributed by atoms with Crippen LogP contribution in [0.4, 0.5) is 0 Å². The molecule has 27 heavy (non-hydrogen) atoms. The van der Waals surface area contributed by atoms with Gasteiger partial charge in [0.05, 0.1) is 5.75 Å². The van der Waals surface area contributed by atoms with Crippen molar-refractivity contribution in [1.82, 2.24) is 10.2 Å². The van der Waals surface area contributed by atoms with Crippen molar-refractivity contribution in [3.8, 4) is 0 Å². The molecule has 0 radical (unpaired) electrons. The Labute approximate surface area is 166 Å². The zero-order valence-electron chi connectivity index (χ0n) is 16.5. The summed E-state index contributed by atoms with van der Waals surface area (Å²) in [6, 6.07) is 15.6. The van der Waals surface area contributed by atoms with Crippen molar-refractivity contribution < 1.29 is 9.59 Å². The SMILES string of the molecule is CCNC(=O)C(C)N(Cc1ccccc1C)C(=O)CSc1ccc(C)cc1. The molecule has 2 amide bonds. The number of hydrogen-bond acceptors (Lipinski definition) is 3. The molecule has 4 nitrogen and oxygen atoms in total. The molecule has 0 saturated carbocycles. The van der Waals surface area contributed by atoms with Crippen LogP contribution in [0, 0.1) is 13.8 Å². The number of carbonyl (C=O) groups is 2. The first-order valence-electron chi connectivity index (χ1n) is 9.23. The van der Waals surface area contributed by atoms with Gasteiger partial charge in [-0.05, 0) is 51.0 Å². The van der Waals surface area contributed by atoms with Crippen molar-refractivity contribution in [2.24, 2.45) is 0 Å². The van der Waals surface area contributed by atoms with Crippen LogP contribution in [0.3, 0.4) is 0 Å². The number of aryl methyl sites for hydroxylation is 2. The van der Waals surface area contributed by atoms with E-state index < -0.39 is 6.04 Å². The van der Waals surface area contributed by atoms with Gasteiger partial charge in [0.25, 0.3) is 0 Å². The largest absolute Gasteiger partial charge is 0.355 e. The smallest absolute Gasteiger partial charge is 0.242 e. The lowest BCUT2D eigenvalue weighted by molar-refractivity contribution is -0.138. The Morgan fingerprint density at radius 1 is 1.07 bits per heavy atom. The number of benzene rings is 2. The summed E-state index contributed by atoms with van der Waals surface area (Å²) in [5.74, 6) is 0.140. The first-order valence-corrected chi connectivity index (χ1v) is 10.2. The van der Waals surface area contributed by atoms with E-state index in [1.165, 1.54) is 17.3 Å². The fraction of sp³-hybridized carbons (Fsp3) is 0.364. The minimum Gasteiger partial charge on any atom is -0.355 e. The second kappa shape index (κ2) is 10.2. The summed E-state index contributed by atoms with van der Waals surface area (Å²) >= 11 is 1.50. The van der Waals surface area contributed by atoms with Crippen LogP contribution < -0.4 is 5.32 Å². The average molecular weight is 385 g/mol. The lowest BCUT2D eigenvalue weighted by Gasteiger charge is -2.29. The van der Waals surface area contributed by atoms with E-state index in [2.05, 4.69) is 5.32 Å². The van der Waals surface area contributed by atoms with Gasteiger partial charge in [-0.15, -0.1) is 11.8 Å². The molecule has 0 aliphatic rings. The monoisotopic (exact) mass is 384 g/mol. The predicted octanol–water partition coefficient (Wildman–Crippen LogP) is 3.95. The van der Waals surface area contributed by atoms with Crippen molar-refractivity contribution in [3.05, 3.63) is 65.2 Å². The Balaban J connectivity index is 2.14. The molecule has 0 fully saturated rings. The van der Waals surface area contributed by atoms with Crippen molar-refractivity contribution >= 4 is 23.6 Å². The van der Waals surface area contributed by atoms with Crippen LogP contribution in [-0.4, -0.2) is 35.1 Å². The lowest BCUT2D eigenvalue weighted by atomic mass is 10.1. The molecular weight excluding hydrogens is 356 g/mol. The van der Waals surface area contributed by atoms with Gasteiger partial charge in [-0.2, -0.15) is 0 Å². The molecule has 0 aliphatic carbocycles. The van der Waals surface area contributed by atoms with E-state index in [1.54, 1.807) is 11.8 Å². The third kappa shape index (κ3) is 6.14. The summed E-state index contributed by atoms with van der Waals surface area (Å²) in [5.41, 5.74) is 3.36. The van der Waals surface area contributed by atoms with Gasteiger partial charge in [-0.3, -0.25) is 9.59 Å². The van der Waals surface area contributed by atoms with Crippen LogP contribution in [0.15, 0.2) is 53.4 Å². The molecule has 2 aromatic rings. The maximum absolute atomic E-state index is 13.0. The molecule has 144 valence electrons. The van der Waals surface area contributed by atoms with Crippen LogP contribution in [0.2, 0.25) is 0 Å². The number of hydrogen-bond donors (Lipinski definition) is 1. The highest BCUT2D eigenvalue weighted by atomic mass is 32.2. The molecule has 0 saturated heterocycles. The maximum atomic E-state index is 13.0. The molecule has 0 heterocycles. The minimum absolute atomic E-state index is 0.0393. The molecule has 0 aliphatic heterocycles. The molecule has 2 aromatic carbocycles. The zero-order chi connectivity index (χ0) is 19.8. The summed E-state index contributed by atoms with van der Waals surface area (Å²) in [6.07, 6.45) is 0. The Kier molecular flexibility index (Phi) is 7.92. The second-order valence-corrected chi connectivity index (χ2v) is 7.67. The fourth-order valence-electron chi connectivity index (χ4n) is 2.74. The summed E-state index contributed by atoms with van der Waals surface area (Å²) in [5, 5.41) is 2.82. The van der Waals surface area contributed by atoms with Gasteiger partial charge in [0.2, 0.25) is 11.8 Å². The standard InChI is InChI=1S/C22H28N2O2S/c1-5-23-22(26)18(4)24(14-19-9-7-6-8-17(19)3)21(25)15-27-20-12-10-16(2)11-13-20/h6-13,18H,5,14-15H2,1-4H3,(H,23,26). The molecule has 0 aromatic heterocycles. The van der Waals surface area contributed by atoms with Crippen molar-refractivity contribution in [1.29, 1.82) is 0 Å². The third-order valence-electron chi connectivity index (χ3n) is 4.50.